The number of hydrogen-bond acceptors (Lipinski definition) is 11. The van der Waals surface area contributed by atoms with Crippen LogP contribution in [0.15, 0.2) is 11.6 Å². The summed E-state index contributed by atoms with van der Waals surface area (Å²) in [6, 6.07) is 0. The summed E-state index contributed by atoms with van der Waals surface area (Å²) in [6.07, 6.45) is 2.17. The molecule has 3 aliphatic rings. The summed E-state index contributed by atoms with van der Waals surface area (Å²) in [7, 11) is 1.53. The number of morpholine rings is 2. The van der Waals surface area contributed by atoms with E-state index in [0.717, 1.165) is 31.8 Å². The Morgan fingerprint density at radius 3 is 2.27 bits per heavy atom. The van der Waals surface area contributed by atoms with Gasteiger partial charge in [0.05, 0.1) is 40.1 Å². The smallest absolute Gasteiger partial charge is 0.345 e. The van der Waals surface area contributed by atoms with E-state index in [2.05, 4.69) is 9.80 Å². The molecule has 1 N–H and O–H groups in total. The third-order valence-electron chi connectivity index (χ3n) is 7.60. The molecule has 0 bridgehead atoms. The highest BCUT2D eigenvalue weighted by atomic mass is 16.7. The van der Waals surface area contributed by atoms with Crippen LogP contribution in [0, 0.1) is 6.92 Å². The number of aromatic hydroxyl groups is 1. The second-order valence-electron chi connectivity index (χ2n) is 10.3. The number of phenols is 1. The van der Waals surface area contributed by atoms with E-state index in [1.54, 1.807) is 0 Å². The van der Waals surface area contributed by atoms with Gasteiger partial charge in [-0.2, -0.15) is 0 Å². The maximum atomic E-state index is 12.8. The average Bonchev–Trinajstić information content (AvgIpc) is 3.30. The number of carbonyl (C=O) groups excluding carboxylic acids is 2. The van der Waals surface area contributed by atoms with E-state index in [1.807, 2.05) is 19.9 Å². The fraction of sp³-hybridized carbons (Fsp3) is 0.655. The third kappa shape index (κ3) is 7.73. The minimum Gasteiger partial charge on any atom is -0.507 e. The lowest BCUT2D eigenvalue weighted by atomic mass is 9.94. The topological polar surface area (TPSA) is 116 Å². The van der Waals surface area contributed by atoms with Gasteiger partial charge in [0.25, 0.3) is 0 Å². The first-order valence-electron chi connectivity index (χ1n) is 14.0. The Kier molecular flexibility index (Phi) is 11.2. The molecule has 1 atom stereocenters. The first kappa shape index (κ1) is 30.3. The molecule has 40 heavy (non-hydrogen) atoms. The average molecular weight is 563 g/mol. The number of phenolic OH excluding ortho intramolecular Hbond substituents is 1. The molecule has 0 saturated carbocycles. The zero-order chi connectivity index (χ0) is 28.5. The summed E-state index contributed by atoms with van der Waals surface area (Å²) in [5, 5.41) is 11.1. The molecule has 0 spiro atoms. The number of nitrogens with zero attached hydrogens (tertiary/aromatic N) is 2. The molecule has 2 fully saturated rings. The Morgan fingerprint density at radius 2 is 1.65 bits per heavy atom. The summed E-state index contributed by atoms with van der Waals surface area (Å²) in [5.41, 5.74) is 2.79. The summed E-state index contributed by atoms with van der Waals surface area (Å²) >= 11 is 0. The maximum absolute atomic E-state index is 12.8. The van der Waals surface area contributed by atoms with Gasteiger partial charge < -0.3 is 33.5 Å². The van der Waals surface area contributed by atoms with Crippen LogP contribution in [0.5, 0.6) is 11.5 Å². The highest BCUT2D eigenvalue weighted by Crippen LogP contribution is 2.46. The van der Waals surface area contributed by atoms with Gasteiger partial charge in [0.1, 0.15) is 23.7 Å². The van der Waals surface area contributed by atoms with Crippen LogP contribution >= 0.6 is 0 Å². The van der Waals surface area contributed by atoms with Crippen molar-refractivity contribution in [2.45, 2.75) is 39.4 Å². The largest absolute Gasteiger partial charge is 0.507 e. The van der Waals surface area contributed by atoms with Crippen molar-refractivity contribution < 1.29 is 43.1 Å². The van der Waals surface area contributed by atoms with Crippen molar-refractivity contribution in [2.75, 3.05) is 86.0 Å². The number of benzene rings is 1. The Morgan fingerprint density at radius 1 is 1.02 bits per heavy atom. The number of fused-ring (bicyclic) bond motifs is 1. The molecular weight excluding hydrogens is 520 g/mol. The van der Waals surface area contributed by atoms with Crippen LogP contribution in [-0.4, -0.2) is 113 Å². The van der Waals surface area contributed by atoms with Crippen LogP contribution in [0.3, 0.4) is 0 Å². The number of methoxy groups -OCH3 is 1. The first-order chi connectivity index (χ1) is 19.4. The van der Waals surface area contributed by atoms with Crippen LogP contribution in [-0.2, 0) is 34.9 Å². The van der Waals surface area contributed by atoms with E-state index in [4.69, 9.17) is 28.4 Å². The SMILES string of the molecule is COc1c(C)c2c(c(O)c1C/C=C(\C)CCC(=O)OCCN1CCOCC1)C(=O)O[C@H]2OCCN1CCOCC1. The lowest BCUT2D eigenvalue weighted by molar-refractivity contribution is -0.144. The van der Waals surface area contributed by atoms with E-state index in [1.165, 1.54) is 7.11 Å². The second-order valence-corrected chi connectivity index (χ2v) is 10.3. The van der Waals surface area contributed by atoms with Gasteiger partial charge in [-0.3, -0.25) is 14.6 Å². The zero-order valence-electron chi connectivity index (χ0n) is 23.9. The summed E-state index contributed by atoms with van der Waals surface area (Å²) in [4.78, 5) is 29.4. The molecule has 0 amide bonds. The van der Waals surface area contributed by atoms with E-state index in [0.29, 0.717) is 88.0 Å². The van der Waals surface area contributed by atoms with Crippen LogP contribution in [0.4, 0.5) is 0 Å². The molecule has 222 valence electrons. The number of esters is 2. The van der Waals surface area contributed by atoms with Crippen LogP contribution < -0.4 is 4.74 Å². The lowest BCUT2D eigenvalue weighted by Crippen LogP contribution is -2.38. The van der Waals surface area contributed by atoms with Crippen LogP contribution in [0.1, 0.15) is 53.1 Å². The molecule has 2 saturated heterocycles. The number of ether oxygens (including phenoxy) is 6. The molecule has 0 unspecified atom stereocenters. The van der Waals surface area contributed by atoms with Crippen LogP contribution in [0.25, 0.3) is 0 Å². The van der Waals surface area contributed by atoms with Crippen molar-refractivity contribution in [3.63, 3.8) is 0 Å². The minimum atomic E-state index is -0.899. The van der Waals surface area contributed by atoms with Gasteiger partial charge in [0, 0.05) is 62.4 Å². The fourth-order valence-electron chi connectivity index (χ4n) is 5.20. The Balaban J connectivity index is 1.33. The summed E-state index contributed by atoms with van der Waals surface area (Å²) in [6.45, 7) is 12.1. The molecule has 1 aromatic carbocycles. The maximum Gasteiger partial charge on any atom is 0.345 e. The van der Waals surface area contributed by atoms with Crippen molar-refractivity contribution in [3.8, 4) is 11.5 Å². The number of hydrogen-bond donors (Lipinski definition) is 1. The molecule has 1 aromatic rings. The molecular formula is C29H42N2O9. The third-order valence-corrected chi connectivity index (χ3v) is 7.60. The van der Waals surface area contributed by atoms with Gasteiger partial charge in [0.2, 0.25) is 6.29 Å². The number of cyclic esters (lactones) is 1. The predicted octanol–water partition coefficient (Wildman–Crippen LogP) is 2.37. The molecule has 3 heterocycles. The Labute approximate surface area is 235 Å². The van der Waals surface area contributed by atoms with Crippen molar-refractivity contribution >= 4 is 11.9 Å². The van der Waals surface area contributed by atoms with E-state index in [-0.39, 0.29) is 23.7 Å². The normalized spacial score (nSPS) is 20.3. The van der Waals surface area contributed by atoms with E-state index in [9.17, 15) is 14.7 Å². The van der Waals surface area contributed by atoms with Gasteiger partial charge in [-0.25, -0.2) is 4.79 Å². The molecule has 0 aliphatic carbocycles. The van der Waals surface area contributed by atoms with Gasteiger partial charge in [-0.15, -0.1) is 0 Å². The fourth-order valence-corrected chi connectivity index (χ4v) is 5.20. The summed E-state index contributed by atoms with van der Waals surface area (Å²) < 4.78 is 33.2. The quantitative estimate of drug-likeness (QED) is 0.282. The molecule has 0 aromatic heterocycles. The van der Waals surface area contributed by atoms with Gasteiger partial charge >= 0.3 is 11.9 Å². The summed E-state index contributed by atoms with van der Waals surface area (Å²) in [5.74, 6) is -0.523. The number of allylic oxidation sites excluding steroid dienone is 2. The highest BCUT2D eigenvalue weighted by molar-refractivity contribution is 5.98. The van der Waals surface area contributed by atoms with Gasteiger partial charge in [-0.1, -0.05) is 11.6 Å². The van der Waals surface area contributed by atoms with Crippen molar-refractivity contribution in [1.29, 1.82) is 0 Å². The Hall–Kier alpha value is -2.70. The highest BCUT2D eigenvalue weighted by Gasteiger charge is 2.39. The van der Waals surface area contributed by atoms with Gasteiger partial charge in [0.15, 0.2) is 0 Å². The molecule has 3 aliphatic heterocycles. The lowest BCUT2D eigenvalue weighted by Gasteiger charge is -2.27. The predicted molar refractivity (Wildman–Crippen MR) is 146 cm³/mol. The molecule has 0 radical (unpaired) electrons. The molecule has 4 rings (SSSR count). The van der Waals surface area contributed by atoms with Crippen molar-refractivity contribution in [3.05, 3.63) is 33.9 Å². The number of rotatable bonds is 13. The first-order valence-corrected chi connectivity index (χ1v) is 14.0. The van der Waals surface area contributed by atoms with E-state index < -0.39 is 12.3 Å². The second kappa shape index (κ2) is 14.8. The number of carbonyl (C=O) groups is 2. The Bertz CT molecular complexity index is 1060. The molecule has 11 heteroatoms. The monoisotopic (exact) mass is 562 g/mol. The minimum absolute atomic E-state index is 0.125. The standard InChI is InChI=1S/C29H42N2O9/c1-20(5-7-23(32)38-18-12-30-8-14-36-15-9-30)4-6-22-26(33)25-24(21(2)27(22)35-3)29(40-28(25)34)39-19-13-31-10-16-37-17-11-31/h4,29,33H,5-19H2,1-3H3/b20-4+/t29-/m1/s1. The molecule has 11 nitrogen and oxygen atoms in total. The zero-order valence-corrected chi connectivity index (χ0v) is 23.9. The van der Waals surface area contributed by atoms with Crippen LogP contribution in [0.2, 0.25) is 0 Å². The van der Waals surface area contributed by atoms with Crippen molar-refractivity contribution in [2.24, 2.45) is 0 Å². The van der Waals surface area contributed by atoms with E-state index >= 15 is 0 Å². The van der Waals surface area contributed by atoms with Crippen molar-refractivity contribution in [1.82, 2.24) is 9.80 Å². The van der Waals surface area contributed by atoms with Gasteiger partial charge in [-0.05, 0) is 26.7 Å².